The largest absolute Gasteiger partial charge is 0.307 e. The van der Waals surface area contributed by atoms with Crippen LogP contribution in [-0.4, -0.2) is 4.98 Å². The minimum Gasteiger partial charge on any atom is -0.307 e. The van der Waals surface area contributed by atoms with Crippen LogP contribution in [0, 0.1) is 6.92 Å². The van der Waals surface area contributed by atoms with Crippen molar-refractivity contribution in [3.05, 3.63) is 64.4 Å². The lowest BCUT2D eigenvalue weighted by molar-refractivity contribution is 0.676. The molecule has 0 fully saturated rings. The molecule has 0 saturated carbocycles. The highest BCUT2D eigenvalue weighted by atomic mass is 35.5. The van der Waals surface area contributed by atoms with E-state index in [-0.39, 0.29) is 0 Å². The molecule has 1 aromatic heterocycles. The van der Waals surface area contributed by atoms with Crippen LogP contribution in [0.1, 0.15) is 16.8 Å². The van der Waals surface area contributed by atoms with Crippen molar-refractivity contribution >= 4 is 11.6 Å². The molecule has 0 atom stereocenters. The Morgan fingerprint density at radius 2 is 1.88 bits per heavy atom. The average Bonchev–Trinajstić information content (AvgIpc) is 2.34. The summed E-state index contributed by atoms with van der Waals surface area (Å²) in [7, 11) is 0. The Bertz CT molecular complexity index is 480. The first-order chi connectivity index (χ1) is 8.25. The van der Waals surface area contributed by atoms with Gasteiger partial charge in [0.05, 0.1) is 5.69 Å². The summed E-state index contributed by atoms with van der Waals surface area (Å²) < 4.78 is 0. The Balaban J connectivity index is 1.88. The molecule has 3 heteroatoms. The molecule has 0 radical (unpaired) electrons. The maximum absolute atomic E-state index is 5.83. The second kappa shape index (κ2) is 5.80. The van der Waals surface area contributed by atoms with Crippen LogP contribution in [0.3, 0.4) is 0 Å². The van der Waals surface area contributed by atoms with E-state index in [0.29, 0.717) is 0 Å². The molecule has 0 spiro atoms. The lowest BCUT2D eigenvalue weighted by atomic mass is 10.2. The molecule has 0 aliphatic rings. The van der Waals surface area contributed by atoms with Gasteiger partial charge in [0.2, 0.25) is 0 Å². The predicted molar refractivity (Wildman–Crippen MR) is 71.0 cm³/mol. The normalized spacial score (nSPS) is 10.5. The molecule has 2 nitrogen and oxygen atoms in total. The number of halogens is 1. The van der Waals surface area contributed by atoms with Crippen LogP contribution in [0.4, 0.5) is 0 Å². The summed E-state index contributed by atoms with van der Waals surface area (Å²) in [6.45, 7) is 3.69. The standard InChI is InChI=1S/C14H15ClN2/c1-11-3-2-8-17-14(11)10-16-9-12-4-6-13(15)7-5-12/h2-8,16H,9-10H2,1H3. The molecule has 0 amide bonds. The summed E-state index contributed by atoms with van der Waals surface area (Å²) >= 11 is 5.83. The molecule has 1 N–H and O–H groups in total. The zero-order valence-corrected chi connectivity index (χ0v) is 10.5. The van der Waals surface area contributed by atoms with Crippen LogP contribution in [0.15, 0.2) is 42.6 Å². The van der Waals surface area contributed by atoms with Gasteiger partial charge in [-0.2, -0.15) is 0 Å². The summed E-state index contributed by atoms with van der Waals surface area (Å²) in [4.78, 5) is 4.34. The number of hydrogen-bond acceptors (Lipinski definition) is 2. The molecule has 0 bridgehead atoms. The van der Waals surface area contributed by atoms with E-state index in [9.17, 15) is 0 Å². The van der Waals surface area contributed by atoms with Crippen LogP contribution in [0.25, 0.3) is 0 Å². The molecular weight excluding hydrogens is 232 g/mol. The summed E-state index contributed by atoms with van der Waals surface area (Å²) in [5.74, 6) is 0. The second-order valence-corrected chi connectivity index (χ2v) is 4.43. The zero-order valence-electron chi connectivity index (χ0n) is 9.78. The SMILES string of the molecule is Cc1cccnc1CNCc1ccc(Cl)cc1. The lowest BCUT2D eigenvalue weighted by Crippen LogP contribution is -2.14. The highest BCUT2D eigenvalue weighted by Crippen LogP contribution is 2.09. The first-order valence-corrected chi connectivity index (χ1v) is 5.99. The van der Waals surface area contributed by atoms with Crippen LogP contribution >= 0.6 is 11.6 Å². The average molecular weight is 247 g/mol. The molecule has 88 valence electrons. The number of rotatable bonds is 4. The van der Waals surface area contributed by atoms with Crippen molar-refractivity contribution in [2.45, 2.75) is 20.0 Å². The second-order valence-electron chi connectivity index (χ2n) is 4.00. The summed E-state index contributed by atoms with van der Waals surface area (Å²) in [6.07, 6.45) is 1.83. The molecular formula is C14H15ClN2. The summed E-state index contributed by atoms with van der Waals surface area (Å²) in [5, 5.41) is 4.15. The third-order valence-corrected chi connectivity index (χ3v) is 2.90. The highest BCUT2D eigenvalue weighted by molar-refractivity contribution is 6.30. The van der Waals surface area contributed by atoms with Gasteiger partial charge in [0, 0.05) is 24.3 Å². The number of aromatic nitrogens is 1. The maximum atomic E-state index is 5.83. The van der Waals surface area contributed by atoms with E-state index in [1.54, 1.807) is 0 Å². The fraction of sp³-hybridized carbons (Fsp3) is 0.214. The Morgan fingerprint density at radius 3 is 2.59 bits per heavy atom. The molecule has 0 unspecified atom stereocenters. The number of aryl methyl sites for hydroxylation is 1. The third kappa shape index (κ3) is 3.55. The molecule has 1 aromatic carbocycles. The van der Waals surface area contributed by atoms with E-state index in [1.807, 2.05) is 36.5 Å². The molecule has 2 rings (SSSR count). The van der Waals surface area contributed by atoms with Gasteiger partial charge in [0.1, 0.15) is 0 Å². The van der Waals surface area contributed by atoms with Crippen molar-refractivity contribution in [1.29, 1.82) is 0 Å². The van der Waals surface area contributed by atoms with E-state index in [2.05, 4.69) is 23.3 Å². The van der Waals surface area contributed by atoms with Crippen LogP contribution in [0.2, 0.25) is 5.02 Å². The monoisotopic (exact) mass is 246 g/mol. The van der Waals surface area contributed by atoms with Crippen molar-refractivity contribution in [1.82, 2.24) is 10.3 Å². The Kier molecular flexibility index (Phi) is 4.13. The highest BCUT2D eigenvalue weighted by Gasteiger charge is 1.98. The Labute approximate surface area is 107 Å². The quantitative estimate of drug-likeness (QED) is 0.895. The van der Waals surface area contributed by atoms with Gasteiger partial charge in [-0.05, 0) is 36.2 Å². The van der Waals surface area contributed by atoms with Gasteiger partial charge in [-0.3, -0.25) is 4.98 Å². The minimum absolute atomic E-state index is 0.773. The lowest BCUT2D eigenvalue weighted by Gasteiger charge is -2.06. The minimum atomic E-state index is 0.773. The Morgan fingerprint density at radius 1 is 1.12 bits per heavy atom. The molecule has 0 aliphatic heterocycles. The number of hydrogen-bond donors (Lipinski definition) is 1. The van der Waals surface area contributed by atoms with Crippen LogP contribution < -0.4 is 5.32 Å². The zero-order chi connectivity index (χ0) is 12.1. The molecule has 2 aromatic rings. The number of nitrogens with one attached hydrogen (secondary N) is 1. The first-order valence-electron chi connectivity index (χ1n) is 5.61. The Hall–Kier alpha value is -1.38. The first kappa shape index (κ1) is 12.1. The van der Waals surface area contributed by atoms with E-state index >= 15 is 0 Å². The van der Waals surface area contributed by atoms with Gasteiger partial charge in [0.15, 0.2) is 0 Å². The third-order valence-electron chi connectivity index (χ3n) is 2.65. The van der Waals surface area contributed by atoms with Crippen molar-refractivity contribution < 1.29 is 0 Å². The van der Waals surface area contributed by atoms with Gasteiger partial charge >= 0.3 is 0 Å². The summed E-state index contributed by atoms with van der Waals surface area (Å²) in [5.41, 5.74) is 3.54. The van der Waals surface area contributed by atoms with E-state index in [4.69, 9.17) is 11.6 Å². The molecule has 17 heavy (non-hydrogen) atoms. The number of benzene rings is 1. The van der Waals surface area contributed by atoms with Crippen LogP contribution in [0.5, 0.6) is 0 Å². The topological polar surface area (TPSA) is 24.9 Å². The van der Waals surface area contributed by atoms with Crippen molar-refractivity contribution in [2.24, 2.45) is 0 Å². The van der Waals surface area contributed by atoms with Crippen molar-refractivity contribution in [3.63, 3.8) is 0 Å². The van der Waals surface area contributed by atoms with Gasteiger partial charge in [-0.25, -0.2) is 0 Å². The molecule has 1 heterocycles. The van der Waals surface area contributed by atoms with Gasteiger partial charge < -0.3 is 5.32 Å². The van der Waals surface area contributed by atoms with Crippen molar-refractivity contribution in [3.8, 4) is 0 Å². The molecule has 0 saturated heterocycles. The maximum Gasteiger partial charge on any atom is 0.0570 e. The van der Waals surface area contributed by atoms with Crippen LogP contribution in [-0.2, 0) is 13.1 Å². The molecule has 0 aliphatic carbocycles. The van der Waals surface area contributed by atoms with Gasteiger partial charge in [-0.15, -0.1) is 0 Å². The predicted octanol–water partition coefficient (Wildman–Crippen LogP) is 3.33. The smallest absolute Gasteiger partial charge is 0.0570 e. The fourth-order valence-corrected chi connectivity index (χ4v) is 1.76. The van der Waals surface area contributed by atoms with E-state index in [0.717, 1.165) is 23.8 Å². The van der Waals surface area contributed by atoms with Gasteiger partial charge in [0.25, 0.3) is 0 Å². The fourth-order valence-electron chi connectivity index (χ4n) is 1.63. The van der Waals surface area contributed by atoms with E-state index < -0.39 is 0 Å². The number of pyridine rings is 1. The summed E-state index contributed by atoms with van der Waals surface area (Å²) in [6, 6.07) is 11.9. The van der Waals surface area contributed by atoms with Gasteiger partial charge in [-0.1, -0.05) is 29.8 Å². The van der Waals surface area contributed by atoms with E-state index in [1.165, 1.54) is 11.1 Å². The van der Waals surface area contributed by atoms with Crippen molar-refractivity contribution in [2.75, 3.05) is 0 Å². The number of nitrogens with zero attached hydrogens (tertiary/aromatic N) is 1.